The van der Waals surface area contributed by atoms with Gasteiger partial charge in [0.25, 0.3) is 0 Å². The van der Waals surface area contributed by atoms with Crippen molar-refractivity contribution < 1.29 is 19.5 Å². The van der Waals surface area contributed by atoms with Crippen molar-refractivity contribution >= 4 is 5.97 Å². The van der Waals surface area contributed by atoms with Crippen LogP contribution in [0.4, 0.5) is 0 Å². The third-order valence-corrected chi connectivity index (χ3v) is 3.25. The van der Waals surface area contributed by atoms with Crippen LogP contribution in [0.3, 0.4) is 0 Å². The van der Waals surface area contributed by atoms with Crippen LogP contribution in [0.15, 0.2) is 22.2 Å². The van der Waals surface area contributed by atoms with Gasteiger partial charge in [-0.25, -0.2) is 4.79 Å². The van der Waals surface area contributed by atoms with Gasteiger partial charge in [-0.15, -0.1) is 0 Å². The van der Waals surface area contributed by atoms with Gasteiger partial charge in [0.1, 0.15) is 12.8 Å². The Kier molecular flexibility index (Phi) is 4.79. The minimum atomic E-state index is -0.421. The van der Waals surface area contributed by atoms with Gasteiger partial charge in [0.15, 0.2) is 5.49 Å². The number of aromatic amines is 1. The van der Waals surface area contributed by atoms with Crippen LogP contribution in [-0.4, -0.2) is 33.4 Å². The standard InChI is InChI=1S/C13H19N3O5/c1-8(2)12(17)20-7-9-3-4-11(21-9)16-6-5-10(15-19)14-13(16)18/h5-6,8-9,11,19H,3-4,7H2,1-2H3,(H,14,15,18). The van der Waals surface area contributed by atoms with E-state index in [2.05, 4.69) is 10.1 Å². The van der Waals surface area contributed by atoms with Gasteiger partial charge in [0.05, 0.1) is 12.0 Å². The minimum absolute atomic E-state index is 0.0802. The SMILES string of the molecule is CC(C)C(=O)OCC1CCC(n2cc/c(=N/O)[nH]c2=O)O1. The number of rotatable bonds is 4. The molecule has 116 valence electrons. The third-order valence-electron chi connectivity index (χ3n) is 3.25. The van der Waals surface area contributed by atoms with Gasteiger partial charge in [0.2, 0.25) is 0 Å². The molecule has 0 spiro atoms. The van der Waals surface area contributed by atoms with Crippen molar-refractivity contribution in [2.75, 3.05) is 6.61 Å². The van der Waals surface area contributed by atoms with Gasteiger partial charge >= 0.3 is 11.7 Å². The number of nitrogens with one attached hydrogen (secondary N) is 1. The molecule has 0 aromatic carbocycles. The van der Waals surface area contributed by atoms with E-state index in [0.717, 1.165) is 0 Å². The van der Waals surface area contributed by atoms with Gasteiger partial charge in [-0.05, 0) is 12.8 Å². The Labute approximate surface area is 121 Å². The number of aromatic nitrogens is 2. The van der Waals surface area contributed by atoms with Crippen LogP contribution < -0.4 is 11.2 Å². The van der Waals surface area contributed by atoms with Crippen LogP contribution in [0.25, 0.3) is 0 Å². The monoisotopic (exact) mass is 297 g/mol. The summed E-state index contributed by atoms with van der Waals surface area (Å²) in [5.74, 6) is -0.435. The fraction of sp³-hybridized carbons (Fsp3) is 0.615. The fourth-order valence-electron chi connectivity index (χ4n) is 2.08. The Balaban J connectivity index is 1.96. The molecule has 0 saturated carbocycles. The molecule has 1 saturated heterocycles. The molecular weight excluding hydrogens is 278 g/mol. The summed E-state index contributed by atoms with van der Waals surface area (Å²) >= 11 is 0. The predicted molar refractivity (Wildman–Crippen MR) is 71.3 cm³/mol. The molecule has 1 aliphatic rings. The van der Waals surface area contributed by atoms with Gasteiger partial charge in [-0.1, -0.05) is 19.0 Å². The lowest BCUT2D eigenvalue weighted by molar-refractivity contribution is -0.152. The summed E-state index contributed by atoms with van der Waals surface area (Å²) < 4.78 is 12.2. The van der Waals surface area contributed by atoms with Crippen molar-refractivity contribution in [3.8, 4) is 0 Å². The van der Waals surface area contributed by atoms with Crippen molar-refractivity contribution in [3.05, 3.63) is 28.2 Å². The Bertz CT molecular complexity index is 619. The zero-order valence-electron chi connectivity index (χ0n) is 12.0. The van der Waals surface area contributed by atoms with E-state index < -0.39 is 11.9 Å². The topological polar surface area (TPSA) is 106 Å². The van der Waals surface area contributed by atoms with Crippen LogP contribution >= 0.6 is 0 Å². The normalized spacial score (nSPS) is 22.7. The van der Waals surface area contributed by atoms with E-state index >= 15 is 0 Å². The van der Waals surface area contributed by atoms with E-state index in [-0.39, 0.29) is 30.1 Å². The Hall–Kier alpha value is -2.09. The maximum atomic E-state index is 11.8. The van der Waals surface area contributed by atoms with Gasteiger partial charge in [0, 0.05) is 12.3 Å². The number of carbonyl (C=O) groups is 1. The number of hydrogen-bond donors (Lipinski definition) is 2. The Morgan fingerprint density at radius 1 is 1.62 bits per heavy atom. The number of esters is 1. The first-order chi connectivity index (χ1) is 10.0. The van der Waals surface area contributed by atoms with Crippen molar-refractivity contribution in [1.29, 1.82) is 0 Å². The largest absolute Gasteiger partial charge is 0.463 e. The second kappa shape index (κ2) is 6.57. The average molecular weight is 297 g/mol. The molecule has 0 bridgehead atoms. The molecular formula is C13H19N3O5. The first-order valence-electron chi connectivity index (χ1n) is 6.83. The molecule has 1 aromatic rings. The van der Waals surface area contributed by atoms with E-state index in [1.807, 2.05) is 0 Å². The highest BCUT2D eigenvalue weighted by atomic mass is 16.6. The molecule has 2 rings (SSSR count). The average Bonchev–Trinajstić information content (AvgIpc) is 2.92. The maximum Gasteiger partial charge on any atom is 0.329 e. The predicted octanol–water partition coefficient (Wildman–Crippen LogP) is 0.343. The number of H-pyrrole nitrogens is 1. The van der Waals surface area contributed by atoms with E-state index in [0.29, 0.717) is 12.8 Å². The maximum absolute atomic E-state index is 11.8. The highest BCUT2D eigenvalue weighted by Gasteiger charge is 2.28. The van der Waals surface area contributed by atoms with Gasteiger partial charge in [-0.2, -0.15) is 0 Å². The van der Waals surface area contributed by atoms with Crippen LogP contribution in [0.5, 0.6) is 0 Å². The van der Waals surface area contributed by atoms with Crippen LogP contribution in [0.1, 0.15) is 32.9 Å². The smallest absolute Gasteiger partial charge is 0.329 e. The molecule has 0 amide bonds. The molecule has 2 atom stereocenters. The molecule has 21 heavy (non-hydrogen) atoms. The molecule has 0 radical (unpaired) electrons. The first kappa shape index (κ1) is 15.3. The summed E-state index contributed by atoms with van der Waals surface area (Å²) in [5, 5.41) is 11.5. The second-order valence-electron chi connectivity index (χ2n) is 5.21. The molecule has 1 fully saturated rings. The highest BCUT2D eigenvalue weighted by molar-refractivity contribution is 5.71. The quantitative estimate of drug-likeness (QED) is 0.473. The summed E-state index contributed by atoms with van der Waals surface area (Å²) in [6, 6.07) is 1.47. The lowest BCUT2D eigenvalue weighted by atomic mass is 10.2. The summed E-state index contributed by atoms with van der Waals surface area (Å²) in [4.78, 5) is 25.6. The third kappa shape index (κ3) is 3.72. The number of hydrogen-bond acceptors (Lipinski definition) is 6. The lowest BCUT2D eigenvalue weighted by Gasteiger charge is -2.16. The van der Waals surface area contributed by atoms with Crippen molar-refractivity contribution in [1.82, 2.24) is 9.55 Å². The van der Waals surface area contributed by atoms with Crippen molar-refractivity contribution in [2.24, 2.45) is 11.1 Å². The Morgan fingerprint density at radius 2 is 2.38 bits per heavy atom. The number of ether oxygens (including phenoxy) is 2. The summed E-state index contributed by atoms with van der Waals surface area (Å²) in [6.07, 6.45) is 2.22. The highest BCUT2D eigenvalue weighted by Crippen LogP contribution is 2.27. The van der Waals surface area contributed by atoms with Crippen LogP contribution in [-0.2, 0) is 14.3 Å². The Morgan fingerprint density at radius 3 is 3.00 bits per heavy atom. The minimum Gasteiger partial charge on any atom is -0.463 e. The zero-order valence-corrected chi connectivity index (χ0v) is 12.0. The molecule has 1 aliphatic heterocycles. The van der Waals surface area contributed by atoms with Gasteiger partial charge in [-0.3, -0.25) is 14.3 Å². The van der Waals surface area contributed by atoms with E-state index in [1.54, 1.807) is 13.8 Å². The second-order valence-corrected chi connectivity index (χ2v) is 5.21. The summed E-state index contributed by atoms with van der Waals surface area (Å²) in [7, 11) is 0. The first-order valence-corrected chi connectivity index (χ1v) is 6.83. The van der Waals surface area contributed by atoms with Crippen molar-refractivity contribution in [3.63, 3.8) is 0 Å². The van der Waals surface area contributed by atoms with Gasteiger partial charge < -0.3 is 14.7 Å². The van der Waals surface area contributed by atoms with Crippen molar-refractivity contribution in [2.45, 2.75) is 39.0 Å². The molecule has 8 nitrogen and oxygen atoms in total. The molecule has 1 aromatic heterocycles. The number of nitrogens with zero attached hydrogens (tertiary/aromatic N) is 2. The summed E-state index contributed by atoms with van der Waals surface area (Å²) in [6.45, 7) is 3.73. The van der Waals surface area contributed by atoms with Crippen LogP contribution in [0, 0.1) is 5.92 Å². The number of carbonyl (C=O) groups excluding carboxylic acids is 1. The fourth-order valence-corrected chi connectivity index (χ4v) is 2.08. The van der Waals surface area contributed by atoms with E-state index in [1.165, 1.54) is 16.8 Å². The van der Waals surface area contributed by atoms with E-state index in [9.17, 15) is 9.59 Å². The molecule has 2 N–H and O–H groups in total. The molecule has 8 heteroatoms. The molecule has 0 aliphatic carbocycles. The lowest BCUT2D eigenvalue weighted by Crippen LogP contribution is -2.32. The molecule has 2 unspecified atom stereocenters. The van der Waals surface area contributed by atoms with Crippen LogP contribution in [0.2, 0.25) is 0 Å². The zero-order chi connectivity index (χ0) is 15.4. The summed E-state index contributed by atoms with van der Waals surface area (Å²) in [5.41, 5.74) is -0.341. The molecule has 2 heterocycles. The van der Waals surface area contributed by atoms with E-state index in [4.69, 9.17) is 14.7 Å².